The monoisotopic (exact) mass is 1100 g/mol. The number of ether oxygens (including phenoxy) is 7. The molecule has 79 heavy (non-hydrogen) atoms. The van der Waals surface area contributed by atoms with Gasteiger partial charge in [-0.3, -0.25) is 14.4 Å². The van der Waals surface area contributed by atoms with Crippen molar-refractivity contribution in [2.45, 2.75) is 162 Å². The van der Waals surface area contributed by atoms with Crippen LogP contribution in [0.25, 0.3) is 16.7 Å². The van der Waals surface area contributed by atoms with Crippen molar-refractivity contribution in [3.63, 3.8) is 0 Å². The summed E-state index contributed by atoms with van der Waals surface area (Å²) in [4.78, 5) is 85.1. The van der Waals surface area contributed by atoms with Gasteiger partial charge in [0, 0.05) is 43.7 Å². The summed E-state index contributed by atoms with van der Waals surface area (Å²) in [5.74, 6) is -2.03. The van der Waals surface area contributed by atoms with Crippen LogP contribution < -0.4 is 16.0 Å². The van der Waals surface area contributed by atoms with Crippen LogP contribution in [-0.2, 0) is 68.5 Å². The molecule has 19 heteroatoms. The molecule has 7 rings (SSSR count). The summed E-state index contributed by atoms with van der Waals surface area (Å²) in [6, 6.07) is 21.6. The van der Waals surface area contributed by atoms with Crippen LogP contribution in [0.2, 0.25) is 0 Å². The molecule has 2 atom stereocenters. The van der Waals surface area contributed by atoms with Crippen molar-refractivity contribution < 1.29 is 71.5 Å². The van der Waals surface area contributed by atoms with Crippen LogP contribution >= 0.6 is 0 Å². The van der Waals surface area contributed by atoms with Gasteiger partial charge in [-0.1, -0.05) is 87.4 Å². The van der Waals surface area contributed by atoms with E-state index in [4.69, 9.17) is 34.0 Å². The smallest absolute Gasteiger partial charge is 0.413 e. The molecule has 0 bridgehead atoms. The van der Waals surface area contributed by atoms with Gasteiger partial charge >= 0.3 is 30.2 Å². The van der Waals surface area contributed by atoms with Crippen LogP contribution in [0.15, 0.2) is 84.6 Å². The lowest BCUT2D eigenvalue weighted by Gasteiger charge is -2.36. The molecule has 2 saturated carbocycles. The number of esters is 3. The zero-order valence-corrected chi connectivity index (χ0v) is 46.9. The molecule has 4 aliphatic carbocycles. The molecular formula is C60H81N5O14. The number of alkyl carbamates (subject to hydrolysis) is 1. The summed E-state index contributed by atoms with van der Waals surface area (Å²) in [5.41, 5.74) is 13.6. The number of carbonyl (C=O) groups excluding carboxylic acids is 7. The second kappa shape index (κ2) is 35.3. The number of carbonyl (C=O) groups is 7. The standard InChI is InChI=1S/C40H49N3O8.C10H16O3.C6H10O.C4H6N2O2/c1-5-48-35(44)25-51-40(21-11-6-12-22-40)50-23-28-17-19-29(20-18-28)42-37(45)27(4)41-38(46)36(26(2)3)43-39(47)49-24-34-32-15-9-7-13-30(32)31-14-8-10-16-33(31)34;1-2-12-10(11)8-13-9-6-4-3-5-7-9;7-6-4-2-1-3-5-6;1-2-8-4(7)3-6-5/h7-10,13-20,26-27,34,36H,5-6,11-12,21-25H2,1-4H3,(H,41,46)(H,42,45)(H,43,47);6H,2-5,7-8H2,1H3;1-5H2;3H,2H2,1H3/t27-,36-;;;/m0.../s1. The average Bonchev–Trinajstić information content (AvgIpc) is 3.82. The lowest BCUT2D eigenvalue weighted by molar-refractivity contribution is -0.259. The second-order valence-electron chi connectivity index (χ2n) is 19.6. The van der Waals surface area contributed by atoms with Gasteiger partial charge < -0.3 is 54.6 Å². The van der Waals surface area contributed by atoms with Gasteiger partial charge in [0.2, 0.25) is 11.8 Å². The van der Waals surface area contributed by atoms with Crippen molar-refractivity contribution in [1.29, 1.82) is 0 Å². The fraction of sp³-hybridized carbons (Fsp3) is 0.533. The number of hydrogen-bond donors (Lipinski definition) is 3. The summed E-state index contributed by atoms with van der Waals surface area (Å²) in [6.45, 7) is 11.7. The van der Waals surface area contributed by atoms with Gasteiger partial charge in [0.15, 0.2) is 12.4 Å². The van der Waals surface area contributed by atoms with Crippen LogP contribution in [0.4, 0.5) is 10.5 Å². The normalized spacial score (nSPS) is 15.7. The minimum atomic E-state index is -0.913. The number of amides is 3. The molecule has 2 fully saturated rings. The first-order valence-electron chi connectivity index (χ1n) is 27.7. The third-order valence-corrected chi connectivity index (χ3v) is 13.2. The van der Waals surface area contributed by atoms with E-state index in [1.165, 1.54) is 12.8 Å². The third kappa shape index (κ3) is 23.0. The van der Waals surface area contributed by atoms with Crippen LogP contribution in [0.3, 0.4) is 0 Å². The summed E-state index contributed by atoms with van der Waals surface area (Å²) in [7, 11) is 0. The maximum atomic E-state index is 13.3. The van der Waals surface area contributed by atoms with E-state index in [1.807, 2.05) is 62.4 Å². The number of Topliss-reactive ketones (excluding diaryl/α,β-unsaturated/α-hetero) is 1. The Kier molecular flexibility index (Phi) is 28.8. The summed E-state index contributed by atoms with van der Waals surface area (Å²) in [6.07, 6.45) is 16.1. The van der Waals surface area contributed by atoms with E-state index >= 15 is 0 Å². The molecule has 3 N–H and O–H groups in total. The molecule has 0 radical (unpaired) electrons. The molecule has 0 saturated heterocycles. The molecular weight excluding hydrogens is 1010 g/mol. The van der Waals surface area contributed by atoms with E-state index in [1.54, 1.807) is 39.8 Å². The minimum absolute atomic E-state index is 0.0552. The van der Waals surface area contributed by atoms with Gasteiger partial charge in [0.25, 0.3) is 0 Å². The van der Waals surface area contributed by atoms with Crippen LogP contribution in [-0.4, -0.2) is 110 Å². The van der Waals surface area contributed by atoms with Gasteiger partial charge in [0.1, 0.15) is 31.1 Å². The number of rotatable bonds is 21. The van der Waals surface area contributed by atoms with Crippen molar-refractivity contribution in [1.82, 2.24) is 10.6 Å². The third-order valence-electron chi connectivity index (χ3n) is 13.2. The molecule has 430 valence electrons. The number of hydrogen-bond acceptors (Lipinski definition) is 14. The number of benzene rings is 3. The number of nitrogens with zero attached hydrogens (tertiary/aromatic N) is 2. The zero-order chi connectivity index (χ0) is 57.4. The predicted molar refractivity (Wildman–Crippen MR) is 296 cm³/mol. The fourth-order valence-corrected chi connectivity index (χ4v) is 9.10. The van der Waals surface area contributed by atoms with Gasteiger partial charge in [-0.15, -0.1) is 0 Å². The zero-order valence-electron chi connectivity index (χ0n) is 46.9. The van der Waals surface area contributed by atoms with Crippen LogP contribution in [0, 0.1) is 5.92 Å². The molecule has 19 nitrogen and oxygen atoms in total. The Bertz CT molecular complexity index is 2460. The van der Waals surface area contributed by atoms with E-state index in [0.717, 1.165) is 97.8 Å². The first kappa shape index (κ1) is 64.3. The molecule has 4 aliphatic rings. The van der Waals surface area contributed by atoms with Gasteiger partial charge in [-0.25, -0.2) is 19.2 Å². The summed E-state index contributed by atoms with van der Waals surface area (Å²) >= 11 is 0. The highest BCUT2D eigenvalue weighted by atomic mass is 16.7. The highest BCUT2D eigenvalue weighted by molar-refractivity contribution is 6.20. The molecule has 0 unspecified atom stereocenters. The highest BCUT2D eigenvalue weighted by Crippen LogP contribution is 2.44. The van der Waals surface area contributed by atoms with Crippen molar-refractivity contribution in [3.8, 4) is 11.1 Å². The Morgan fingerprint density at radius 3 is 1.80 bits per heavy atom. The van der Waals surface area contributed by atoms with Crippen LogP contribution in [0.1, 0.15) is 154 Å². The van der Waals surface area contributed by atoms with Crippen molar-refractivity contribution in [2.75, 3.05) is 45.0 Å². The van der Waals surface area contributed by atoms with Crippen LogP contribution in [0.5, 0.6) is 0 Å². The average molecular weight is 1100 g/mol. The van der Waals surface area contributed by atoms with Gasteiger partial charge in [0.05, 0.1) is 32.2 Å². The second-order valence-corrected chi connectivity index (χ2v) is 19.6. The highest BCUT2D eigenvalue weighted by Gasteiger charge is 2.35. The Morgan fingerprint density at radius 2 is 1.25 bits per heavy atom. The summed E-state index contributed by atoms with van der Waals surface area (Å²) < 4.78 is 37.2. The molecule has 0 spiro atoms. The lowest BCUT2D eigenvalue weighted by atomic mass is 9.94. The largest absolute Gasteiger partial charge is 0.487 e. The van der Waals surface area contributed by atoms with Crippen molar-refractivity contribution in [2.24, 2.45) is 5.92 Å². The first-order valence-corrected chi connectivity index (χ1v) is 27.7. The fourth-order valence-electron chi connectivity index (χ4n) is 9.10. The Hall–Kier alpha value is -7.21. The Labute approximate surface area is 464 Å². The first-order chi connectivity index (χ1) is 38.1. The predicted octanol–water partition coefficient (Wildman–Crippen LogP) is 9.84. The SMILES string of the molecule is CCOC(=O)C=[N+]=[N-].CCOC(=O)COC1(OCc2ccc(NC(=O)[C@H](C)NC(=O)[C@@H](NC(=O)OCC3c4ccccc4-c4ccccc43)C(C)C)cc2)CCCCC1.CCOC(=O)COC1=CCCCC1.O=C1CCCCC1. The maximum Gasteiger partial charge on any atom is 0.413 e. The van der Waals surface area contributed by atoms with E-state index < -0.39 is 47.7 Å². The number of allylic oxidation sites excluding steroid dienone is 2. The van der Waals surface area contributed by atoms with Gasteiger partial charge in [-0.2, -0.15) is 4.79 Å². The Morgan fingerprint density at radius 1 is 0.671 bits per heavy atom. The Balaban J connectivity index is 0.000000387. The minimum Gasteiger partial charge on any atom is -0.487 e. The van der Waals surface area contributed by atoms with Gasteiger partial charge in [-0.05, 0) is 125 Å². The number of nitrogens with one attached hydrogen (secondary N) is 3. The molecule has 0 heterocycles. The maximum absolute atomic E-state index is 13.3. The quantitative estimate of drug-likeness (QED) is 0.0224. The topological polar surface area (TPSA) is 257 Å². The number of anilines is 1. The molecule has 0 aromatic heterocycles. The van der Waals surface area contributed by atoms with E-state index in [-0.39, 0.29) is 44.2 Å². The molecule has 3 aromatic rings. The summed E-state index contributed by atoms with van der Waals surface area (Å²) in [5, 5.41) is 8.24. The number of fused-ring (bicyclic) bond motifs is 3. The molecule has 3 aromatic carbocycles. The molecule has 3 amide bonds. The van der Waals surface area contributed by atoms with E-state index in [9.17, 15) is 33.6 Å². The van der Waals surface area contributed by atoms with E-state index in [0.29, 0.717) is 50.3 Å². The molecule has 0 aliphatic heterocycles. The van der Waals surface area contributed by atoms with Crippen molar-refractivity contribution in [3.05, 3.63) is 107 Å². The number of ketones is 1. The van der Waals surface area contributed by atoms with E-state index in [2.05, 4.69) is 43.7 Å². The van der Waals surface area contributed by atoms with Crippen molar-refractivity contribution >= 4 is 53.5 Å². The lowest BCUT2D eigenvalue weighted by Crippen LogP contribution is -2.53.